The highest BCUT2D eigenvalue weighted by atomic mass is 79.9. The Morgan fingerprint density at radius 1 is 0.964 bits per heavy atom. The van der Waals surface area contributed by atoms with Crippen molar-refractivity contribution in [3.8, 4) is 17.2 Å². The van der Waals surface area contributed by atoms with Gasteiger partial charge in [-0.3, -0.25) is 4.79 Å². The highest BCUT2D eigenvalue weighted by molar-refractivity contribution is 9.11. The fourth-order valence-electron chi connectivity index (χ4n) is 2.26. The Kier molecular flexibility index (Phi) is 6.78. The van der Waals surface area contributed by atoms with Gasteiger partial charge >= 0.3 is 0 Å². The third-order valence-electron chi connectivity index (χ3n) is 3.58. The fourth-order valence-corrected chi connectivity index (χ4v) is 4.02. The van der Waals surface area contributed by atoms with Gasteiger partial charge in [-0.05, 0) is 58.4 Å². The predicted octanol–water partition coefficient (Wildman–Crippen LogP) is 7.92. The largest absolute Gasteiger partial charge is 0.506 e. The Morgan fingerprint density at radius 2 is 1.64 bits per heavy atom. The monoisotopic (exact) mass is 563 g/mol. The first-order valence-electron chi connectivity index (χ1n) is 7.66. The number of amides is 1. The number of carbonyl (C=O) groups excluding carboxylic acids is 1. The zero-order valence-electron chi connectivity index (χ0n) is 13.8. The molecule has 4 nitrogen and oxygen atoms in total. The average molecular weight is 566 g/mol. The first kappa shape index (κ1) is 21.3. The van der Waals surface area contributed by atoms with E-state index >= 15 is 0 Å². The molecule has 0 spiro atoms. The van der Waals surface area contributed by atoms with Crippen LogP contribution in [0.3, 0.4) is 0 Å². The number of ether oxygens (including phenoxy) is 1. The SMILES string of the molecule is O=C(Nc1cc(Cl)c(Oc2ccc(Cl)cc2)cc1Cl)c1cc(Br)cc(Br)c1O. The van der Waals surface area contributed by atoms with E-state index in [1.54, 1.807) is 30.3 Å². The fraction of sp³-hybridized carbons (Fsp3) is 0. The standard InChI is InChI=1S/C19H10Br2Cl3NO3/c20-9-5-12(18(26)13(21)6-9)19(27)25-16-7-15(24)17(8-14(16)23)28-11-3-1-10(22)2-4-11/h1-8,26H,(H,25,27). The molecule has 0 unspecified atom stereocenters. The molecule has 0 radical (unpaired) electrons. The first-order valence-corrected chi connectivity index (χ1v) is 10.4. The number of aromatic hydroxyl groups is 1. The van der Waals surface area contributed by atoms with E-state index in [4.69, 9.17) is 39.5 Å². The van der Waals surface area contributed by atoms with Crippen molar-refractivity contribution in [1.29, 1.82) is 0 Å². The molecular formula is C19H10Br2Cl3NO3. The summed E-state index contributed by atoms with van der Waals surface area (Å²) >= 11 is 24.9. The van der Waals surface area contributed by atoms with E-state index in [0.717, 1.165) is 0 Å². The number of phenols is 1. The molecule has 1 amide bonds. The molecule has 28 heavy (non-hydrogen) atoms. The second kappa shape index (κ2) is 8.93. The molecule has 0 aliphatic rings. The van der Waals surface area contributed by atoms with Crippen LogP contribution in [0.2, 0.25) is 15.1 Å². The van der Waals surface area contributed by atoms with Gasteiger partial charge in [0.2, 0.25) is 0 Å². The number of phenolic OH excluding ortho intramolecular Hbond substituents is 1. The first-order chi connectivity index (χ1) is 13.2. The number of carbonyl (C=O) groups is 1. The minimum Gasteiger partial charge on any atom is -0.506 e. The molecule has 144 valence electrons. The molecule has 0 saturated carbocycles. The highest BCUT2D eigenvalue weighted by Crippen LogP contribution is 2.38. The maximum atomic E-state index is 12.6. The quantitative estimate of drug-likeness (QED) is 0.337. The van der Waals surface area contributed by atoms with Gasteiger partial charge < -0.3 is 15.2 Å². The number of halogens is 5. The van der Waals surface area contributed by atoms with E-state index in [2.05, 4.69) is 37.2 Å². The predicted molar refractivity (Wildman–Crippen MR) is 119 cm³/mol. The Labute approximate surface area is 192 Å². The zero-order chi connectivity index (χ0) is 20.4. The molecule has 9 heteroatoms. The summed E-state index contributed by atoms with van der Waals surface area (Å²) in [4.78, 5) is 12.6. The van der Waals surface area contributed by atoms with Crippen LogP contribution in [0.15, 0.2) is 57.5 Å². The Bertz CT molecular complexity index is 1060. The summed E-state index contributed by atoms with van der Waals surface area (Å²) in [5.74, 6) is 0.109. The molecule has 0 bridgehead atoms. The van der Waals surface area contributed by atoms with Crippen LogP contribution in [-0.4, -0.2) is 11.0 Å². The van der Waals surface area contributed by atoms with Crippen LogP contribution in [-0.2, 0) is 0 Å². The van der Waals surface area contributed by atoms with Gasteiger partial charge in [-0.25, -0.2) is 0 Å². The van der Waals surface area contributed by atoms with Crippen molar-refractivity contribution in [2.45, 2.75) is 0 Å². The topological polar surface area (TPSA) is 58.6 Å². The van der Waals surface area contributed by atoms with Crippen molar-refractivity contribution in [2.75, 3.05) is 5.32 Å². The summed E-state index contributed by atoms with van der Waals surface area (Å²) in [5.41, 5.74) is 0.338. The van der Waals surface area contributed by atoms with Crippen LogP contribution < -0.4 is 10.1 Å². The van der Waals surface area contributed by atoms with Gasteiger partial charge in [0.15, 0.2) is 0 Å². The second-order valence-electron chi connectivity index (χ2n) is 5.56. The molecule has 0 aliphatic heterocycles. The lowest BCUT2D eigenvalue weighted by atomic mass is 10.2. The maximum absolute atomic E-state index is 12.6. The molecule has 0 heterocycles. The molecular weight excluding hydrogens is 556 g/mol. The number of nitrogens with one attached hydrogen (secondary N) is 1. The highest BCUT2D eigenvalue weighted by Gasteiger charge is 2.18. The molecule has 0 saturated heterocycles. The van der Waals surface area contributed by atoms with Gasteiger partial charge in [-0.2, -0.15) is 0 Å². The van der Waals surface area contributed by atoms with E-state index in [1.807, 2.05) is 0 Å². The van der Waals surface area contributed by atoms with E-state index in [9.17, 15) is 9.90 Å². The molecule has 3 aromatic carbocycles. The molecule has 2 N–H and O–H groups in total. The van der Waals surface area contributed by atoms with Gasteiger partial charge in [0.1, 0.15) is 17.2 Å². The van der Waals surface area contributed by atoms with Gasteiger partial charge in [0, 0.05) is 15.6 Å². The van der Waals surface area contributed by atoms with Gasteiger partial charge in [-0.1, -0.05) is 50.7 Å². The lowest BCUT2D eigenvalue weighted by molar-refractivity contribution is 0.102. The van der Waals surface area contributed by atoms with Crippen molar-refractivity contribution in [1.82, 2.24) is 0 Å². The minimum absolute atomic E-state index is 0.0647. The summed E-state index contributed by atoms with van der Waals surface area (Å²) in [5, 5.41) is 13.8. The van der Waals surface area contributed by atoms with Crippen LogP contribution in [0.4, 0.5) is 5.69 Å². The van der Waals surface area contributed by atoms with Crippen molar-refractivity contribution < 1.29 is 14.6 Å². The summed E-state index contributed by atoms with van der Waals surface area (Å²) in [6.45, 7) is 0. The lowest BCUT2D eigenvalue weighted by Crippen LogP contribution is -2.12. The number of hydrogen-bond acceptors (Lipinski definition) is 3. The molecule has 0 fully saturated rings. The summed E-state index contributed by atoms with van der Waals surface area (Å²) in [6.07, 6.45) is 0. The zero-order valence-corrected chi connectivity index (χ0v) is 19.2. The van der Waals surface area contributed by atoms with Crippen LogP contribution >= 0.6 is 66.7 Å². The normalized spacial score (nSPS) is 10.6. The van der Waals surface area contributed by atoms with Crippen LogP contribution in [0.25, 0.3) is 0 Å². The summed E-state index contributed by atoms with van der Waals surface area (Å²) in [7, 11) is 0. The minimum atomic E-state index is -0.552. The van der Waals surface area contributed by atoms with Crippen LogP contribution in [0, 0.1) is 0 Å². The van der Waals surface area contributed by atoms with E-state index in [1.165, 1.54) is 18.2 Å². The van der Waals surface area contributed by atoms with Crippen molar-refractivity contribution in [2.24, 2.45) is 0 Å². The van der Waals surface area contributed by atoms with E-state index < -0.39 is 5.91 Å². The van der Waals surface area contributed by atoms with Gasteiger partial charge in [0.05, 0.1) is 25.8 Å². The lowest BCUT2D eigenvalue weighted by Gasteiger charge is -2.13. The van der Waals surface area contributed by atoms with Gasteiger partial charge in [0.25, 0.3) is 5.91 Å². The summed E-state index contributed by atoms with van der Waals surface area (Å²) in [6, 6.07) is 12.8. The average Bonchev–Trinajstić information content (AvgIpc) is 2.64. The number of benzene rings is 3. The number of anilines is 1. The number of hydrogen-bond donors (Lipinski definition) is 2. The molecule has 0 atom stereocenters. The number of rotatable bonds is 4. The summed E-state index contributed by atoms with van der Waals surface area (Å²) < 4.78 is 6.70. The molecule has 0 aliphatic carbocycles. The molecule has 3 aromatic rings. The van der Waals surface area contributed by atoms with E-state index in [-0.39, 0.29) is 27.0 Å². The smallest absolute Gasteiger partial charge is 0.259 e. The van der Waals surface area contributed by atoms with Crippen molar-refractivity contribution in [3.05, 3.63) is 78.1 Å². The van der Waals surface area contributed by atoms with Crippen molar-refractivity contribution >= 4 is 78.3 Å². The van der Waals surface area contributed by atoms with Crippen LogP contribution in [0.1, 0.15) is 10.4 Å². The van der Waals surface area contributed by atoms with E-state index in [0.29, 0.717) is 25.5 Å². The van der Waals surface area contributed by atoms with Gasteiger partial charge in [-0.15, -0.1) is 0 Å². The molecule has 0 aromatic heterocycles. The Balaban J connectivity index is 1.85. The third-order valence-corrected chi connectivity index (χ3v) is 5.51. The maximum Gasteiger partial charge on any atom is 0.259 e. The van der Waals surface area contributed by atoms with Crippen molar-refractivity contribution in [3.63, 3.8) is 0 Å². The molecule has 3 rings (SSSR count). The Morgan fingerprint density at radius 3 is 2.32 bits per heavy atom. The third kappa shape index (κ3) is 4.93. The van der Waals surface area contributed by atoms with Crippen LogP contribution in [0.5, 0.6) is 17.2 Å². The Hall–Kier alpha value is -1.44. The second-order valence-corrected chi connectivity index (χ2v) is 8.58.